The molecule has 8 nitrogen and oxygen atoms in total. The average molecular weight is 403 g/mol. The van der Waals surface area contributed by atoms with Crippen LogP contribution in [0.3, 0.4) is 0 Å². The summed E-state index contributed by atoms with van der Waals surface area (Å²) in [5.74, 6) is 0.536. The molecule has 30 heavy (non-hydrogen) atoms. The first-order valence-electron chi connectivity index (χ1n) is 10.3. The number of fused-ring (bicyclic) bond motifs is 3. The van der Waals surface area contributed by atoms with Gasteiger partial charge in [-0.15, -0.1) is 0 Å². The summed E-state index contributed by atoms with van der Waals surface area (Å²) < 4.78 is 2.26. The fraction of sp³-hybridized carbons (Fsp3) is 0.364. The lowest BCUT2D eigenvalue weighted by Gasteiger charge is -2.32. The predicted molar refractivity (Wildman–Crippen MR) is 117 cm³/mol. The van der Waals surface area contributed by atoms with Crippen LogP contribution in [0.5, 0.6) is 0 Å². The topological polar surface area (TPSA) is 106 Å². The van der Waals surface area contributed by atoms with E-state index in [0.29, 0.717) is 11.9 Å². The third-order valence-electron chi connectivity index (χ3n) is 6.03. The maximum atomic E-state index is 9.20. The molecule has 0 bridgehead atoms. The van der Waals surface area contributed by atoms with E-state index >= 15 is 0 Å². The highest BCUT2D eigenvalue weighted by Crippen LogP contribution is 2.31. The van der Waals surface area contributed by atoms with E-state index in [1.54, 1.807) is 6.20 Å². The van der Waals surface area contributed by atoms with E-state index in [0.717, 1.165) is 71.4 Å². The highest BCUT2D eigenvalue weighted by molar-refractivity contribution is 6.00. The molecule has 8 heteroatoms. The summed E-state index contributed by atoms with van der Waals surface area (Å²) in [6, 6.07) is 6.35. The minimum atomic E-state index is 0.209. The number of nitrogen functional groups attached to an aromatic ring is 1. The fourth-order valence-electron chi connectivity index (χ4n) is 4.30. The number of pyridine rings is 3. The van der Waals surface area contributed by atoms with Crippen molar-refractivity contribution >= 4 is 27.9 Å². The molecule has 4 aromatic heterocycles. The summed E-state index contributed by atoms with van der Waals surface area (Å²) in [6.07, 6.45) is 7.55. The molecule has 5 heterocycles. The molecule has 4 aromatic rings. The van der Waals surface area contributed by atoms with Crippen LogP contribution in [0.2, 0.25) is 0 Å². The number of aromatic nitrogens is 5. The van der Waals surface area contributed by atoms with Crippen LogP contribution >= 0.6 is 0 Å². The number of hydrogen-bond acceptors (Lipinski definition) is 7. The molecule has 0 radical (unpaired) electrons. The van der Waals surface area contributed by atoms with E-state index in [-0.39, 0.29) is 6.61 Å². The number of β-amino-alcohol motifs (C(OH)–C–C–N with tert-alkyl or cyclic N) is 1. The summed E-state index contributed by atoms with van der Waals surface area (Å²) in [7, 11) is 0. The summed E-state index contributed by atoms with van der Waals surface area (Å²) in [5.41, 5.74) is 12.2. The third-order valence-corrected chi connectivity index (χ3v) is 6.03. The van der Waals surface area contributed by atoms with Gasteiger partial charge in [0.25, 0.3) is 0 Å². The second-order valence-electron chi connectivity index (χ2n) is 7.93. The van der Waals surface area contributed by atoms with Crippen LogP contribution < -0.4 is 5.73 Å². The second-order valence-corrected chi connectivity index (χ2v) is 7.93. The maximum Gasteiger partial charge on any atom is 0.126 e. The monoisotopic (exact) mass is 403 g/mol. The largest absolute Gasteiger partial charge is 0.395 e. The molecule has 0 amide bonds. The Morgan fingerprint density at radius 1 is 1.10 bits per heavy atom. The highest BCUT2D eigenvalue weighted by Gasteiger charge is 2.23. The lowest BCUT2D eigenvalue weighted by molar-refractivity contribution is 0.150. The summed E-state index contributed by atoms with van der Waals surface area (Å²) in [6.45, 7) is 4.85. The Kier molecular flexibility index (Phi) is 4.80. The molecular weight excluding hydrogens is 378 g/mol. The number of imidazole rings is 1. The number of nitrogens with two attached hydrogens (primary N) is 1. The first kappa shape index (κ1) is 18.9. The van der Waals surface area contributed by atoms with Gasteiger partial charge in [-0.05, 0) is 43.5 Å². The SMILES string of the molecule is Cc1cc(-c2ccc3ncc4ncn(C5CCN(CCO)CC5)c4c3n2)cnc1N. The van der Waals surface area contributed by atoms with E-state index < -0.39 is 0 Å². The molecule has 0 unspecified atom stereocenters. The van der Waals surface area contributed by atoms with Crippen molar-refractivity contribution in [2.24, 2.45) is 0 Å². The van der Waals surface area contributed by atoms with Crippen LogP contribution in [0.1, 0.15) is 24.4 Å². The number of likely N-dealkylation sites (tertiary alicyclic amines) is 1. The normalized spacial score (nSPS) is 15.9. The van der Waals surface area contributed by atoms with Crippen molar-refractivity contribution < 1.29 is 5.11 Å². The molecule has 1 saturated heterocycles. The van der Waals surface area contributed by atoms with E-state index in [2.05, 4.69) is 24.4 Å². The maximum absolute atomic E-state index is 9.20. The van der Waals surface area contributed by atoms with Crippen molar-refractivity contribution in [2.45, 2.75) is 25.8 Å². The molecule has 0 aromatic carbocycles. The number of hydrogen-bond donors (Lipinski definition) is 2. The Balaban J connectivity index is 1.58. The van der Waals surface area contributed by atoms with Crippen molar-refractivity contribution in [1.29, 1.82) is 0 Å². The molecule has 1 fully saturated rings. The third kappa shape index (κ3) is 3.28. The molecule has 1 aliphatic heterocycles. The quantitative estimate of drug-likeness (QED) is 0.539. The molecule has 3 N–H and O–H groups in total. The number of piperidine rings is 1. The van der Waals surface area contributed by atoms with Crippen molar-refractivity contribution in [3.8, 4) is 11.3 Å². The van der Waals surface area contributed by atoms with Gasteiger partial charge in [-0.2, -0.15) is 0 Å². The van der Waals surface area contributed by atoms with E-state index in [9.17, 15) is 5.11 Å². The first-order chi connectivity index (χ1) is 14.6. The van der Waals surface area contributed by atoms with Crippen molar-refractivity contribution in [2.75, 3.05) is 32.0 Å². The predicted octanol–water partition coefficient (Wildman–Crippen LogP) is 2.56. The van der Waals surface area contributed by atoms with Gasteiger partial charge in [-0.25, -0.2) is 15.0 Å². The Morgan fingerprint density at radius 2 is 1.93 bits per heavy atom. The lowest BCUT2D eigenvalue weighted by atomic mass is 10.0. The molecular formula is C22H25N7O. The van der Waals surface area contributed by atoms with E-state index in [1.807, 2.05) is 37.6 Å². The molecule has 0 atom stereocenters. The van der Waals surface area contributed by atoms with Crippen LogP contribution in [0.15, 0.2) is 36.9 Å². The van der Waals surface area contributed by atoms with E-state index in [1.165, 1.54) is 0 Å². The van der Waals surface area contributed by atoms with Crippen LogP contribution in [0, 0.1) is 6.92 Å². The zero-order chi connectivity index (χ0) is 20.7. The Labute approximate surface area is 174 Å². The van der Waals surface area contributed by atoms with E-state index in [4.69, 9.17) is 10.7 Å². The first-order valence-corrected chi connectivity index (χ1v) is 10.3. The van der Waals surface area contributed by atoms with Crippen molar-refractivity contribution in [3.63, 3.8) is 0 Å². The standard InChI is InChI=1S/C22H25N7O/c1-14-10-15(11-25-22(14)23)17-2-3-18-20(27-17)21-19(12-24-18)26-13-29(21)16-4-6-28(7-5-16)8-9-30/h2-3,10-13,16,30H,4-9H2,1H3,(H2,23,25). The Morgan fingerprint density at radius 3 is 2.70 bits per heavy atom. The van der Waals surface area contributed by atoms with Gasteiger partial charge in [0.1, 0.15) is 16.9 Å². The number of aliphatic hydroxyl groups is 1. The molecule has 1 aliphatic rings. The molecule has 0 spiro atoms. The van der Waals surface area contributed by atoms with Gasteiger partial charge in [0.15, 0.2) is 0 Å². The zero-order valence-electron chi connectivity index (χ0n) is 17.0. The minimum Gasteiger partial charge on any atom is -0.395 e. The van der Waals surface area contributed by atoms with Gasteiger partial charge in [0.2, 0.25) is 0 Å². The summed E-state index contributed by atoms with van der Waals surface area (Å²) >= 11 is 0. The van der Waals surface area contributed by atoms with Gasteiger partial charge < -0.3 is 20.3 Å². The van der Waals surface area contributed by atoms with Gasteiger partial charge in [0, 0.05) is 37.4 Å². The van der Waals surface area contributed by atoms with Crippen LogP contribution in [-0.4, -0.2) is 60.8 Å². The summed E-state index contributed by atoms with van der Waals surface area (Å²) in [5, 5.41) is 9.20. The highest BCUT2D eigenvalue weighted by atomic mass is 16.3. The second kappa shape index (κ2) is 7.62. The van der Waals surface area contributed by atoms with Crippen LogP contribution in [0.25, 0.3) is 33.3 Å². The molecule has 0 saturated carbocycles. The van der Waals surface area contributed by atoms with Gasteiger partial charge in [0.05, 0.1) is 35.9 Å². The van der Waals surface area contributed by atoms with Crippen LogP contribution in [-0.2, 0) is 0 Å². The lowest BCUT2D eigenvalue weighted by Crippen LogP contribution is -2.36. The molecule has 154 valence electrons. The van der Waals surface area contributed by atoms with Crippen molar-refractivity contribution in [3.05, 3.63) is 42.5 Å². The fourth-order valence-corrected chi connectivity index (χ4v) is 4.30. The smallest absolute Gasteiger partial charge is 0.126 e. The number of nitrogens with zero attached hydrogens (tertiary/aromatic N) is 6. The number of rotatable bonds is 4. The number of anilines is 1. The Hall–Kier alpha value is -3.10. The van der Waals surface area contributed by atoms with Gasteiger partial charge in [-0.1, -0.05) is 0 Å². The van der Waals surface area contributed by atoms with Gasteiger partial charge in [-0.3, -0.25) is 4.98 Å². The van der Waals surface area contributed by atoms with Crippen LogP contribution in [0.4, 0.5) is 5.82 Å². The molecule has 0 aliphatic carbocycles. The minimum absolute atomic E-state index is 0.209. The average Bonchev–Trinajstić information content (AvgIpc) is 3.21. The molecule has 5 rings (SSSR count). The van der Waals surface area contributed by atoms with Gasteiger partial charge >= 0.3 is 0 Å². The zero-order valence-corrected chi connectivity index (χ0v) is 17.0. The Bertz CT molecular complexity index is 1210. The van der Waals surface area contributed by atoms with Crippen molar-refractivity contribution in [1.82, 2.24) is 29.4 Å². The number of aliphatic hydroxyl groups excluding tert-OH is 1. The number of aryl methyl sites for hydroxylation is 1. The summed E-state index contributed by atoms with van der Waals surface area (Å²) in [4.78, 5) is 20.7.